The van der Waals surface area contributed by atoms with Gasteiger partial charge in [-0.2, -0.15) is 0 Å². The molecule has 1 amide bonds. The number of anilines is 1. The van der Waals surface area contributed by atoms with Gasteiger partial charge in [-0.1, -0.05) is 28.8 Å². The van der Waals surface area contributed by atoms with Crippen molar-refractivity contribution in [2.45, 2.75) is 25.7 Å². The average molecular weight is 343 g/mol. The van der Waals surface area contributed by atoms with Crippen LogP contribution in [0.25, 0.3) is 0 Å². The van der Waals surface area contributed by atoms with Crippen molar-refractivity contribution in [2.75, 3.05) is 5.32 Å². The fraction of sp³-hybridized carbons (Fsp3) is 0.429. The Labute approximate surface area is 124 Å². The fourth-order valence-corrected chi connectivity index (χ4v) is 2.88. The third-order valence-corrected chi connectivity index (χ3v) is 4.09. The van der Waals surface area contributed by atoms with Gasteiger partial charge in [0.05, 0.1) is 5.69 Å². The summed E-state index contributed by atoms with van der Waals surface area (Å²) in [6, 6.07) is 4.29. The van der Waals surface area contributed by atoms with E-state index in [-0.39, 0.29) is 5.69 Å². The van der Waals surface area contributed by atoms with Crippen LogP contribution in [0, 0.1) is 17.7 Å². The predicted octanol–water partition coefficient (Wildman–Crippen LogP) is 2.08. The standard InChI is InChI=1S/C14H15BrFNO3/c15-8-5-6-12(11(16)7-8)17-13(18)9-3-1-2-4-10(9)14(19)20/h5-7,9-10H,1-4H2,(H,17,18)(H,19,20)/p-1/t9-,10+/m1/s1. The molecule has 2 atom stereocenters. The maximum Gasteiger partial charge on any atom is 0.228 e. The number of aliphatic carboxylic acids is 1. The normalized spacial score (nSPS) is 22.3. The zero-order valence-corrected chi connectivity index (χ0v) is 12.3. The molecule has 1 N–H and O–H groups in total. The minimum atomic E-state index is -1.21. The second-order valence-corrected chi connectivity index (χ2v) is 5.85. The molecular weight excluding hydrogens is 329 g/mol. The van der Waals surface area contributed by atoms with Crippen molar-refractivity contribution in [3.63, 3.8) is 0 Å². The Balaban J connectivity index is 2.12. The van der Waals surface area contributed by atoms with Crippen molar-refractivity contribution in [1.82, 2.24) is 0 Å². The van der Waals surface area contributed by atoms with Gasteiger partial charge in [-0.25, -0.2) is 4.39 Å². The van der Waals surface area contributed by atoms with E-state index < -0.39 is 29.5 Å². The quantitative estimate of drug-likeness (QED) is 0.914. The van der Waals surface area contributed by atoms with E-state index in [1.807, 2.05) is 0 Å². The topological polar surface area (TPSA) is 69.2 Å². The summed E-state index contributed by atoms with van der Waals surface area (Å²) in [6.07, 6.45) is 2.49. The van der Waals surface area contributed by atoms with E-state index in [4.69, 9.17) is 0 Å². The second kappa shape index (κ2) is 6.35. The van der Waals surface area contributed by atoms with Gasteiger partial charge in [0.25, 0.3) is 0 Å². The summed E-state index contributed by atoms with van der Waals surface area (Å²) >= 11 is 3.13. The van der Waals surface area contributed by atoms with E-state index in [0.29, 0.717) is 17.3 Å². The third kappa shape index (κ3) is 3.36. The Kier molecular flexibility index (Phi) is 4.75. The number of nitrogens with one attached hydrogen (secondary N) is 1. The molecule has 108 valence electrons. The average Bonchev–Trinajstić information content (AvgIpc) is 2.41. The summed E-state index contributed by atoms with van der Waals surface area (Å²) in [5, 5.41) is 13.5. The van der Waals surface area contributed by atoms with E-state index in [2.05, 4.69) is 21.2 Å². The van der Waals surface area contributed by atoms with Gasteiger partial charge in [-0.15, -0.1) is 0 Å². The van der Waals surface area contributed by atoms with Crippen molar-refractivity contribution < 1.29 is 19.1 Å². The third-order valence-electron chi connectivity index (χ3n) is 3.59. The largest absolute Gasteiger partial charge is 0.550 e. The number of carbonyl (C=O) groups excluding carboxylic acids is 2. The molecule has 0 heterocycles. The number of halogens is 2. The Hall–Kier alpha value is -1.43. The number of benzene rings is 1. The molecule has 1 aromatic rings. The summed E-state index contributed by atoms with van der Waals surface area (Å²) < 4.78 is 14.2. The number of carbonyl (C=O) groups is 2. The van der Waals surface area contributed by atoms with E-state index in [0.717, 1.165) is 12.8 Å². The van der Waals surface area contributed by atoms with Gasteiger partial charge in [-0.05, 0) is 31.0 Å². The molecule has 0 aliphatic heterocycles. The minimum absolute atomic E-state index is 0.0564. The zero-order chi connectivity index (χ0) is 14.7. The van der Waals surface area contributed by atoms with Crippen molar-refractivity contribution >= 4 is 33.5 Å². The minimum Gasteiger partial charge on any atom is -0.550 e. The van der Waals surface area contributed by atoms with Crippen LogP contribution in [0.2, 0.25) is 0 Å². The summed E-state index contributed by atoms with van der Waals surface area (Å²) in [4.78, 5) is 23.2. The molecular formula is C14H14BrFNO3-. The van der Waals surface area contributed by atoms with Crippen LogP contribution in [-0.4, -0.2) is 11.9 Å². The van der Waals surface area contributed by atoms with Crippen LogP contribution in [0.3, 0.4) is 0 Å². The lowest BCUT2D eigenvalue weighted by Gasteiger charge is -2.31. The Bertz CT molecular complexity index is 535. The van der Waals surface area contributed by atoms with Crippen LogP contribution in [0.15, 0.2) is 22.7 Å². The first-order valence-electron chi connectivity index (χ1n) is 6.46. The molecule has 1 aliphatic carbocycles. The van der Waals surface area contributed by atoms with Crippen molar-refractivity contribution in [2.24, 2.45) is 11.8 Å². The van der Waals surface area contributed by atoms with Gasteiger partial charge in [-0.3, -0.25) is 4.79 Å². The Morgan fingerprint density at radius 1 is 1.25 bits per heavy atom. The van der Waals surface area contributed by atoms with Crippen molar-refractivity contribution in [1.29, 1.82) is 0 Å². The summed E-state index contributed by atoms with van der Waals surface area (Å²) in [6.45, 7) is 0. The number of amides is 1. The first-order chi connectivity index (χ1) is 9.49. The monoisotopic (exact) mass is 342 g/mol. The molecule has 0 bridgehead atoms. The summed E-state index contributed by atoms with van der Waals surface area (Å²) in [5.41, 5.74) is 0.0564. The van der Waals surface area contributed by atoms with Crippen LogP contribution < -0.4 is 10.4 Å². The molecule has 1 saturated carbocycles. The molecule has 0 aromatic heterocycles. The molecule has 0 radical (unpaired) electrons. The van der Waals surface area contributed by atoms with Crippen LogP contribution in [-0.2, 0) is 9.59 Å². The van der Waals surface area contributed by atoms with E-state index >= 15 is 0 Å². The lowest BCUT2D eigenvalue weighted by molar-refractivity contribution is -0.313. The fourth-order valence-electron chi connectivity index (χ4n) is 2.54. The van der Waals surface area contributed by atoms with Gasteiger partial charge in [0.15, 0.2) is 0 Å². The van der Waals surface area contributed by atoms with Gasteiger partial charge in [0, 0.05) is 22.3 Å². The van der Waals surface area contributed by atoms with Gasteiger partial charge < -0.3 is 15.2 Å². The van der Waals surface area contributed by atoms with Crippen molar-refractivity contribution in [3.8, 4) is 0 Å². The number of rotatable bonds is 3. The number of carboxylic acids is 1. The van der Waals surface area contributed by atoms with E-state index in [9.17, 15) is 19.1 Å². The molecule has 1 fully saturated rings. The van der Waals surface area contributed by atoms with Crippen LogP contribution in [0.4, 0.5) is 10.1 Å². The van der Waals surface area contributed by atoms with Crippen molar-refractivity contribution in [3.05, 3.63) is 28.5 Å². The lowest BCUT2D eigenvalue weighted by Crippen LogP contribution is -2.42. The molecule has 2 rings (SSSR count). The molecule has 0 unspecified atom stereocenters. The first-order valence-corrected chi connectivity index (χ1v) is 7.25. The lowest BCUT2D eigenvalue weighted by atomic mass is 9.78. The highest BCUT2D eigenvalue weighted by molar-refractivity contribution is 9.10. The highest BCUT2D eigenvalue weighted by Gasteiger charge is 2.32. The van der Waals surface area contributed by atoms with E-state index in [1.165, 1.54) is 12.1 Å². The molecule has 0 spiro atoms. The molecule has 1 aromatic carbocycles. The second-order valence-electron chi connectivity index (χ2n) is 4.93. The molecule has 4 nitrogen and oxygen atoms in total. The van der Waals surface area contributed by atoms with Gasteiger partial charge in [0.2, 0.25) is 5.91 Å². The summed E-state index contributed by atoms with van der Waals surface area (Å²) in [5.74, 6) is -3.67. The maximum atomic E-state index is 13.7. The van der Waals surface area contributed by atoms with Crippen LogP contribution in [0.1, 0.15) is 25.7 Å². The van der Waals surface area contributed by atoms with Crippen LogP contribution >= 0.6 is 15.9 Å². The SMILES string of the molecule is O=C([O-])[C@H]1CCCC[C@H]1C(=O)Nc1ccc(Br)cc1F. The summed E-state index contributed by atoms with van der Waals surface area (Å²) in [7, 11) is 0. The number of hydrogen-bond donors (Lipinski definition) is 1. The maximum absolute atomic E-state index is 13.7. The molecule has 0 saturated heterocycles. The zero-order valence-electron chi connectivity index (χ0n) is 10.7. The smallest absolute Gasteiger partial charge is 0.228 e. The number of carboxylic acid groups (broad SMARTS) is 1. The molecule has 20 heavy (non-hydrogen) atoms. The highest BCUT2D eigenvalue weighted by atomic mass is 79.9. The predicted molar refractivity (Wildman–Crippen MR) is 73.2 cm³/mol. The van der Waals surface area contributed by atoms with Gasteiger partial charge >= 0.3 is 0 Å². The Morgan fingerprint density at radius 2 is 1.90 bits per heavy atom. The molecule has 6 heteroatoms. The Morgan fingerprint density at radius 3 is 2.50 bits per heavy atom. The number of hydrogen-bond acceptors (Lipinski definition) is 3. The van der Waals surface area contributed by atoms with Gasteiger partial charge in [0.1, 0.15) is 5.82 Å². The first kappa shape index (κ1) is 15.0. The van der Waals surface area contributed by atoms with E-state index in [1.54, 1.807) is 6.07 Å². The van der Waals surface area contributed by atoms with Crippen LogP contribution in [0.5, 0.6) is 0 Å². The highest BCUT2D eigenvalue weighted by Crippen LogP contribution is 2.31. The molecule has 1 aliphatic rings.